The third kappa shape index (κ3) is 3.69. The molecule has 4 heterocycles. The van der Waals surface area contributed by atoms with E-state index in [4.69, 9.17) is 13.9 Å². The standard InChI is InChI=1S/C27H24N4O5/c1-27(26(33)28-16-18-6-3-2-4-7-18)17-30-21(15-20(29-30)22-8-5-11-34-22)25(32)31(27)19-9-10-23-24(14-19)36-13-12-35-23/h2-11,14-15H,12-13,16-17H2,1H3,(H,28,33). The first-order valence-electron chi connectivity index (χ1n) is 11.7. The zero-order chi connectivity index (χ0) is 24.7. The minimum absolute atomic E-state index is 0.157. The number of fused-ring (bicyclic) bond motifs is 2. The van der Waals surface area contributed by atoms with Crippen LogP contribution in [0.2, 0.25) is 0 Å². The first kappa shape index (κ1) is 22.0. The minimum Gasteiger partial charge on any atom is -0.486 e. The molecule has 0 saturated carbocycles. The Labute approximate surface area is 207 Å². The van der Waals surface area contributed by atoms with Crippen molar-refractivity contribution in [2.45, 2.75) is 25.6 Å². The molecule has 9 nitrogen and oxygen atoms in total. The summed E-state index contributed by atoms with van der Waals surface area (Å²) in [6.07, 6.45) is 1.55. The summed E-state index contributed by atoms with van der Waals surface area (Å²) in [6.45, 7) is 3.12. The molecule has 0 radical (unpaired) electrons. The third-order valence-corrected chi connectivity index (χ3v) is 6.50. The Morgan fingerprint density at radius 2 is 1.83 bits per heavy atom. The lowest BCUT2D eigenvalue weighted by molar-refractivity contribution is -0.126. The second kappa shape index (κ2) is 8.60. The van der Waals surface area contributed by atoms with Gasteiger partial charge < -0.3 is 19.2 Å². The number of aromatic nitrogens is 2. The minimum atomic E-state index is -1.27. The average molecular weight is 485 g/mol. The van der Waals surface area contributed by atoms with E-state index >= 15 is 0 Å². The predicted molar refractivity (Wildman–Crippen MR) is 131 cm³/mol. The number of hydrogen-bond acceptors (Lipinski definition) is 6. The molecule has 36 heavy (non-hydrogen) atoms. The van der Waals surface area contributed by atoms with Crippen molar-refractivity contribution in [3.05, 3.63) is 84.3 Å². The van der Waals surface area contributed by atoms with Crippen molar-refractivity contribution in [2.24, 2.45) is 0 Å². The van der Waals surface area contributed by atoms with Gasteiger partial charge in [-0.15, -0.1) is 0 Å². The largest absolute Gasteiger partial charge is 0.486 e. The van der Waals surface area contributed by atoms with Gasteiger partial charge in [0.05, 0.1) is 12.8 Å². The highest BCUT2D eigenvalue weighted by molar-refractivity contribution is 6.12. The molecule has 1 unspecified atom stereocenters. The molecule has 2 amide bonds. The van der Waals surface area contributed by atoms with E-state index in [1.54, 1.807) is 54.3 Å². The number of benzene rings is 2. The molecule has 0 aliphatic carbocycles. The molecule has 4 aromatic rings. The van der Waals surface area contributed by atoms with Crippen LogP contribution < -0.4 is 19.7 Å². The van der Waals surface area contributed by atoms with Gasteiger partial charge >= 0.3 is 0 Å². The monoisotopic (exact) mass is 484 g/mol. The molecule has 1 N–H and O–H groups in total. The molecule has 2 aliphatic heterocycles. The van der Waals surface area contributed by atoms with Crippen LogP contribution in [-0.2, 0) is 17.9 Å². The Morgan fingerprint density at radius 1 is 1.03 bits per heavy atom. The highest BCUT2D eigenvalue weighted by Crippen LogP contribution is 2.39. The summed E-state index contributed by atoms with van der Waals surface area (Å²) in [7, 11) is 0. The summed E-state index contributed by atoms with van der Waals surface area (Å²) in [4.78, 5) is 29.2. The van der Waals surface area contributed by atoms with E-state index in [0.717, 1.165) is 5.56 Å². The molecule has 0 bridgehead atoms. The Kier molecular flexibility index (Phi) is 5.25. The molecular formula is C27H24N4O5. The highest BCUT2D eigenvalue weighted by atomic mass is 16.6. The van der Waals surface area contributed by atoms with Crippen LogP contribution in [0.3, 0.4) is 0 Å². The molecule has 2 aromatic carbocycles. The van der Waals surface area contributed by atoms with Crippen LogP contribution in [0, 0.1) is 0 Å². The maximum absolute atomic E-state index is 13.9. The molecule has 2 aromatic heterocycles. The molecule has 2 aliphatic rings. The van der Waals surface area contributed by atoms with Gasteiger partial charge in [-0.2, -0.15) is 5.10 Å². The fraction of sp³-hybridized carbons (Fsp3) is 0.222. The lowest BCUT2D eigenvalue weighted by Crippen LogP contribution is -2.64. The maximum Gasteiger partial charge on any atom is 0.277 e. The summed E-state index contributed by atoms with van der Waals surface area (Å²) in [5.41, 5.74) is 1.12. The number of nitrogens with one attached hydrogen (secondary N) is 1. The Bertz CT molecular complexity index is 1430. The Morgan fingerprint density at radius 3 is 2.61 bits per heavy atom. The van der Waals surface area contributed by atoms with Gasteiger partial charge in [-0.05, 0) is 36.8 Å². The number of carbonyl (C=O) groups excluding carboxylic acids is 2. The van der Waals surface area contributed by atoms with Gasteiger partial charge in [-0.1, -0.05) is 30.3 Å². The third-order valence-electron chi connectivity index (χ3n) is 6.50. The average Bonchev–Trinajstić information content (AvgIpc) is 3.58. The van der Waals surface area contributed by atoms with Crippen molar-refractivity contribution in [3.63, 3.8) is 0 Å². The van der Waals surface area contributed by atoms with Crippen LogP contribution in [0.5, 0.6) is 11.5 Å². The number of amides is 2. The number of ether oxygens (including phenoxy) is 2. The molecule has 1 atom stereocenters. The van der Waals surface area contributed by atoms with Crippen molar-refractivity contribution in [1.82, 2.24) is 15.1 Å². The van der Waals surface area contributed by atoms with E-state index < -0.39 is 5.54 Å². The van der Waals surface area contributed by atoms with Gasteiger partial charge in [0.2, 0.25) is 5.91 Å². The number of anilines is 1. The van der Waals surface area contributed by atoms with Crippen molar-refractivity contribution in [3.8, 4) is 23.0 Å². The van der Waals surface area contributed by atoms with Crippen LogP contribution in [0.15, 0.2) is 77.4 Å². The number of rotatable bonds is 5. The quantitative estimate of drug-likeness (QED) is 0.464. The van der Waals surface area contributed by atoms with Gasteiger partial charge in [0.25, 0.3) is 5.91 Å². The molecular weight excluding hydrogens is 460 g/mol. The maximum atomic E-state index is 13.9. The zero-order valence-corrected chi connectivity index (χ0v) is 19.6. The molecule has 6 rings (SSSR count). The molecule has 9 heteroatoms. The van der Waals surface area contributed by atoms with Crippen molar-refractivity contribution in [2.75, 3.05) is 18.1 Å². The van der Waals surface area contributed by atoms with Gasteiger partial charge in [-0.25, -0.2) is 0 Å². The number of furan rings is 1. The van der Waals surface area contributed by atoms with Gasteiger partial charge in [0.1, 0.15) is 30.1 Å². The topological polar surface area (TPSA) is 98.8 Å². The van der Waals surface area contributed by atoms with Gasteiger partial charge in [0, 0.05) is 24.4 Å². The summed E-state index contributed by atoms with van der Waals surface area (Å²) >= 11 is 0. The van der Waals surface area contributed by atoms with Gasteiger partial charge in [-0.3, -0.25) is 19.2 Å². The summed E-state index contributed by atoms with van der Waals surface area (Å²) in [6, 6.07) is 20.1. The van der Waals surface area contributed by atoms with E-state index in [0.29, 0.717) is 54.1 Å². The normalized spacial score (nSPS) is 18.6. The van der Waals surface area contributed by atoms with E-state index in [2.05, 4.69) is 10.4 Å². The Balaban J connectivity index is 1.40. The molecule has 182 valence electrons. The van der Waals surface area contributed by atoms with Crippen molar-refractivity contribution < 1.29 is 23.5 Å². The smallest absolute Gasteiger partial charge is 0.277 e. The lowest BCUT2D eigenvalue weighted by Gasteiger charge is -2.43. The second-order valence-corrected chi connectivity index (χ2v) is 8.96. The van der Waals surface area contributed by atoms with Crippen molar-refractivity contribution in [1.29, 1.82) is 0 Å². The predicted octanol–water partition coefficient (Wildman–Crippen LogP) is 3.65. The van der Waals surface area contributed by atoms with Crippen LogP contribution >= 0.6 is 0 Å². The number of hydrogen-bond donors (Lipinski definition) is 1. The number of nitrogens with zero attached hydrogens (tertiary/aromatic N) is 3. The first-order chi connectivity index (χ1) is 17.5. The van der Waals surface area contributed by atoms with E-state index in [9.17, 15) is 9.59 Å². The fourth-order valence-electron chi connectivity index (χ4n) is 4.67. The van der Waals surface area contributed by atoms with E-state index in [1.165, 1.54) is 4.90 Å². The lowest BCUT2D eigenvalue weighted by atomic mass is 9.93. The highest BCUT2D eigenvalue weighted by Gasteiger charge is 2.49. The second-order valence-electron chi connectivity index (χ2n) is 8.96. The molecule has 0 fully saturated rings. The summed E-state index contributed by atoms with van der Waals surface area (Å²) in [5, 5.41) is 7.60. The van der Waals surface area contributed by atoms with Crippen LogP contribution in [0.4, 0.5) is 5.69 Å². The fourth-order valence-corrected chi connectivity index (χ4v) is 4.67. The van der Waals surface area contributed by atoms with Crippen molar-refractivity contribution >= 4 is 17.5 Å². The zero-order valence-electron chi connectivity index (χ0n) is 19.6. The SMILES string of the molecule is CC1(C(=O)NCc2ccccc2)Cn2nc(-c3ccco3)cc2C(=O)N1c1ccc2c(c1)OCCO2. The van der Waals surface area contributed by atoms with Crippen LogP contribution in [0.25, 0.3) is 11.5 Å². The summed E-state index contributed by atoms with van der Waals surface area (Å²) in [5.74, 6) is 1.05. The summed E-state index contributed by atoms with van der Waals surface area (Å²) < 4.78 is 18.5. The van der Waals surface area contributed by atoms with Crippen LogP contribution in [-0.4, -0.2) is 40.3 Å². The molecule has 0 spiro atoms. The van der Waals surface area contributed by atoms with Crippen LogP contribution in [0.1, 0.15) is 23.0 Å². The molecule has 0 saturated heterocycles. The number of carbonyl (C=O) groups is 2. The van der Waals surface area contributed by atoms with E-state index in [1.807, 2.05) is 30.3 Å². The first-order valence-corrected chi connectivity index (χ1v) is 11.7. The van der Waals surface area contributed by atoms with E-state index in [-0.39, 0.29) is 18.4 Å². The Hall–Kier alpha value is -4.53. The van der Waals surface area contributed by atoms with Gasteiger partial charge in [0.15, 0.2) is 17.3 Å².